The molecule has 0 radical (unpaired) electrons. The van der Waals surface area contributed by atoms with Crippen LogP contribution in [0.1, 0.15) is 41.6 Å². The third-order valence-electron chi connectivity index (χ3n) is 4.76. The molecule has 1 amide bonds. The summed E-state index contributed by atoms with van der Waals surface area (Å²) >= 11 is 0. The van der Waals surface area contributed by atoms with E-state index in [0.717, 1.165) is 12.8 Å². The Morgan fingerprint density at radius 2 is 1.65 bits per heavy atom. The van der Waals surface area contributed by atoms with Gasteiger partial charge in [0.1, 0.15) is 0 Å². The zero-order valence-corrected chi connectivity index (χ0v) is 15.7. The molecule has 1 heterocycles. The minimum Gasteiger partial charge on any atom is -0.351 e. The molecule has 0 bridgehead atoms. The number of hydrogen-bond acceptors (Lipinski definition) is 3. The van der Waals surface area contributed by atoms with Crippen molar-refractivity contribution < 1.29 is 13.2 Å². The predicted octanol–water partition coefficient (Wildman–Crippen LogP) is 3.00. The number of rotatable bonds is 6. The second kappa shape index (κ2) is 8.01. The fourth-order valence-electron chi connectivity index (χ4n) is 3.10. The van der Waals surface area contributed by atoms with Crippen molar-refractivity contribution in [2.45, 2.75) is 30.6 Å². The maximum Gasteiger partial charge on any atom is 0.251 e. The molecule has 6 heteroatoms. The van der Waals surface area contributed by atoms with Crippen molar-refractivity contribution in [3.8, 4) is 0 Å². The van der Waals surface area contributed by atoms with Crippen LogP contribution in [0.3, 0.4) is 0 Å². The molecule has 1 aliphatic heterocycles. The Labute approximate surface area is 155 Å². The number of carbonyl (C=O) groups is 1. The molecule has 1 aliphatic rings. The maximum atomic E-state index is 12.5. The molecule has 1 atom stereocenters. The molecule has 0 spiro atoms. The van der Waals surface area contributed by atoms with Gasteiger partial charge in [-0.1, -0.05) is 37.3 Å². The number of nitrogens with zero attached hydrogens (tertiary/aromatic N) is 1. The molecule has 2 aromatic rings. The van der Waals surface area contributed by atoms with Crippen molar-refractivity contribution in [2.75, 3.05) is 19.6 Å². The minimum absolute atomic E-state index is 0.196. The van der Waals surface area contributed by atoms with E-state index in [1.165, 1.54) is 22.0 Å². The average molecular weight is 372 g/mol. The highest BCUT2D eigenvalue weighted by Gasteiger charge is 2.27. The summed E-state index contributed by atoms with van der Waals surface area (Å²) in [5.41, 5.74) is 1.63. The third kappa shape index (κ3) is 4.14. The molecular formula is C20H24N2O3S. The first kappa shape index (κ1) is 18.6. The van der Waals surface area contributed by atoms with Crippen molar-refractivity contribution in [3.63, 3.8) is 0 Å². The van der Waals surface area contributed by atoms with Crippen LogP contribution in [0.4, 0.5) is 0 Å². The molecule has 26 heavy (non-hydrogen) atoms. The molecule has 1 unspecified atom stereocenters. The second-order valence-electron chi connectivity index (χ2n) is 6.66. The predicted molar refractivity (Wildman–Crippen MR) is 102 cm³/mol. The topological polar surface area (TPSA) is 66.5 Å². The molecule has 0 aliphatic carbocycles. The van der Waals surface area contributed by atoms with Crippen molar-refractivity contribution >= 4 is 15.9 Å². The van der Waals surface area contributed by atoms with Gasteiger partial charge in [0.2, 0.25) is 10.0 Å². The molecular weight excluding hydrogens is 348 g/mol. The van der Waals surface area contributed by atoms with Crippen molar-refractivity contribution in [1.82, 2.24) is 9.62 Å². The molecule has 1 N–H and O–H groups in total. The van der Waals surface area contributed by atoms with Crippen molar-refractivity contribution in [1.29, 1.82) is 0 Å². The second-order valence-corrected chi connectivity index (χ2v) is 8.60. The Hall–Kier alpha value is -2.18. The van der Waals surface area contributed by atoms with Crippen LogP contribution in [-0.4, -0.2) is 38.3 Å². The van der Waals surface area contributed by atoms with Gasteiger partial charge in [-0.3, -0.25) is 4.79 Å². The van der Waals surface area contributed by atoms with Crippen LogP contribution in [0, 0.1) is 0 Å². The highest BCUT2D eigenvalue weighted by Crippen LogP contribution is 2.21. The fourth-order valence-corrected chi connectivity index (χ4v) is 4.62. The van der Waals surface area contributed by atoms with Gasteiger partial charge in [-0.15, -0.1) is 0 Å². The van der Waals surface area contributed by atoms with E-state index in [1.807, 2.05) is 30.3 Å². The van der Waals surface area contributed by atoms with Crippen LogP contribution in [0.25, 0.3) is 0 Å². The lowest BCUT2D eigenvalue weighted by Gasteiger charge is -2.16. The third-order valence-corrected chi connectivity index (χ3v) is 6.67. The number of carbonyl (C=O) groups excluding carboxylic acids is 1. The summed E-state index contributed by atoms with van der Waals surface area (Å²) in [7, 11) is -3.44. The maximum absolute atomic E-state index is 12.5. The summed E-state index contributed by atoms with van der Waals surface area (Å²) in [5.74, 6) is 0.00729. The summed E-state index contributed by atoms with van der Waals surface area (Å²) in [4.78, 5) is 12.6. The molecule has 5 nitrogen and oxygen atoms in total. The summed E-state index contributed by atoms with van der Waals surface area (Å²) in [6.07, 6.45) is 1.80. The van der Waals surface area contributed by atoms with Gasteiger partial charge in [0.05, 0.1) is 4.90 Å². The Bertz CT molecular complexity index is 842. The van der Waals surface area contributed by atoms with Gasteiger partial charge >= 0.3 is 0 Å². The quantitative estimate of drug-likeness (QED) is 0.848. The number of sulfonamides is 1. The van der Waals surface area contributed by atoms with Crippen LogP contribution in [0.2, 0.25) is 0 Å². The smallest absolute Gasteiger partial charge is 0.251 e. The number of amides is 1. The summed E-state index contributed by atoms with van der Waals surface area (Å²) in [6.45, 7) is 3.72. The van der Waals surface area contributed by atoms with E-state index in [4.69, 9.17) is 0 Å². The Kier molecular flexibility index (Phi) is 5.74. The molecule has 1 fully saturated rings. The molecule has 0 saturated carbocycles. The zero-order valence-electron chi connectivity index (χ0n) is 14.9. The van der Waals surface area contributed by atoms with Crippen LogP contribution < -0.4 is 5.32 Å². The lowest BCUT2D eigenvalue weighted by molar-refractivity contribution is 0.0951. The largest absolute Gasteiger partial charge is 0.351 e. The van der Waals surface area contributed by atoms with E-state index in [1.54, 1.807) is 12.1 Å². The summed E-state index contributed by atoms with van der Waals surface area (Å²) in [5, 5.41) is 2.91. The lowest BCUT2D eigenvalue weighted by Crippen LogP contribution is -2.29. The number of benzene rings is 2. The fraction of sp³-hybridized carbons (Fsp3) is 0.350. The van der Waals surface area contributed by atoms with E-state index in [0.29, 0.717) is 25.2 Å². The van der Waals surface area contributed by atoms with Gasteiger partial charge in [-0.05, 0) is 48.6 Å². The molecule has 0 aromatic heterocycles. The Balaban J connectivity index is 1.62. The van der Waals surface area contributed by atoms with Crippen LogP contribution in [0.5, 0.6) is 0 Å². The van der Waals surface area contributed by atoms with Gasteiger partial charge in [0.15, 0.2) is 0 Å². The number of hydrogen-bond donors (Lipinski definition) is 1. The van der Waals surface area contributed by atoms with Crippen molar-refractivity contribution in [3.05, 3.63) is 65.7 Å². The van der Waals surface area contributed by atoms with Gasteiger partial charge in [0, 0.05) is 25.2 Å². The minimum atomic E-state index is -3.44. The summed E-state index contributed by atoms with van der Waals surface area (Å²) < 4.78 is 26.5. The molecule has 3 rings (SSSR count). The molecule has 2 aromatic carbocycles. The van der Waals surface area contributed by atoms with Crippen LogP contribution in [0.15, 0.2) is 59.5 Å². The Morgan fingerprint density at radius 1 is 1.04 bits per heavy atom. The first-order chi connectivity index (χ1) is 12.5. The van der Waals surface area contributed by atoms with Gasteiger partial charge in [0.25, 0.3) is 5.91 Å². The monoisotopic (exact) mass is 372 g/mol. The normalized spacial score (nSPS) is 16.3. The molecule has 138 valence electrons. The standard InChI is InChI=1S/C20H24N2O3S/c1-16(17-7-3-2-4-8-17)15-21-20(23)18-9-11-19(12-10-18)26(24,25)22-13-5-6-14-22/h2-4,7-12,16H,5-6,13-15H2,1H3,(H,21,23). The van der Waals surface area contributed by atoms with E-state index in [-0.39, 0.29) is 16.7 Å². The van der Waals surface area contributed by atoms with Crippen LogP contribution >= 0.6 is 0 Å². The Morgan fingerprint density at radius 3 is 2.27 bits per heavy atom. The van der Waals surface area contributed by atoms with Gasteiger partial charge in [-0.25, -0.2) is 8.42 Å². The SMILES string of the molecule is CC(CNC(=O)c1ccc(S(=O)(=O)N2CCCC2)cc1)c1ccccc1. The van der Waals surface area contributed by atoms with Gasteiger partial charge in [-0.2, -0.15) is 4.31 Å². The van der Waals surface area contributed by atoms with E-state index in [9.17, 15) is 13.2 Å². The van der Waals surface area contributed by atoms with Gasteiger partial charge < -0.3 is 5.32 Å². The van der Waals surface area contributed by atoms with Crippen LogP contribution in [-0.2, 0) is 10.0 Å². The molecule has 1 saturated heterocycles. The van der Waals surface area contributed by atoms with E-state index < -0.39 is 10.0 Å². The number of nitrogens with one attached hydrogen (secondary N) is 1. The average Bonchev–Trinajstić information content (AvgIpc) is 3.22. The van der Waals surface area contributed by atoms with E-state index in [2.05, 4.69) is 12.2 Å². The van der Waals surface area contributed by atoms with Crippen molar-refractivity contribution in [2.24, 2.45) is 0 Å². The highest BCUT2D eigenvalue weighted by molar-refractivity contribution is 7.89. The highest BCUT2D eigenvalue weighted by atomic mass is 32.2. The summed E-state index contributed by atoms with van der Waals surface area (Å²) in [6, 6.07) is 16.2. The first-order valence-corrected chi connectivity index (χ1v) is 10.4. The van der Waals surface area contributed by atoms with E-state index >= 15 is 0 Å². The first-order valence-electron chi connectivity index (χ1n) is 8.92. The zero-order chi connectivity index (χ0) is 18.6. The lowest BCUT2D eigenvalue weighted by atomic mass is 10.0.